The van der Waals surface area contributed by atoms with Gasteiger partial charge in [-0.3, -0.25) is 4.79 Å². The Morgan fingerprint density at radius 2 is 1.75 bits per heavy atom. The second kappa shape index (κ2) is 8.65. The number of ether oxygens (including phenoxy) is 2. The Kier molecular flexibility index (Phi) is 5.91. The van der Waals surface area contributed by atoms with E-state index in [1.165, 1.54) is 5.57 Å². The number of hydrogen-bond donors (Lipinski definition) is 0. The van der Waals surface area contributed by atoms with E-state index in [1.807, 2.05) is 42.7 Å². The van der Waals surface area contributed by atoms with Crippen LogP contribution >= 0.6 is 0 Å². The van der Waals surface area contributed by atoms with Crippen LogP contribution in [0.5, 0.6) is 5.75 Å². The molecule has 7 nitrogen and oxygen atoms in total. The molecule has 2 aliphatic rings. The Hall–Kier alpha value is -3.35. The van der Waals surface area contributed by atoms with E-state index >= 15 is 0 Å². The van der Waals surface area contributed by atoms with Crippen molar-refractivity contribution in [2.45, 2.75) is 39.2 Å². The Labute approximate surface area is 188 Å². The molecule has 7 heteroatoms. The molecule has 2 aliphatic heterocycles. The highest BCUT2D eigenvalue weighted by molar-refractivity contribution is 5.95. The molecule has 1 saturated heterocycles. The zero-order valence-corrected chi connectivity index (χ0v) is 18.9. The molecule has 1 amide bonds. The maximum atomic E-state index is 12.9. The number of nitrogens with zero attached hydrogens (tertiary/aromatic N) is 3. The minimum atomic E-state index is -0.542. The van der Waals surface area contributed by atoms with E-state index in [1.54, 1.807) is 24.4 Å². The summed E-state index contributed by atoms with van der Waals surface area (Å²) in [6, 6.07) is 9.02. The molecule has 0 N–H and O–H groups in total. The zero-order valence-electron chi connectivity index (χ0n) is 18.9. The van der Waals surface area contributed by atoms with E-state index in [-0.39, 0.29) is 11.9 Å². The standard InChI is InChI=1S/C25H29N3O4/c1-17-9-11-27(12-10-17)23(29)19-15-21-22(26-16-19)28(13-14-31-21)20-7-5-18(6-8-20)24(30)32-25(2,3)4/h5-8,15-16H,1,9-14H2,2-4H3. The molecule has 1 fully saturated rings. The number of anilines is 2. The Balaban J connectivity index is 1.52. The minimum Gasteiger partial charge on any atom is -0.488 e. The van der Waals surface area contributed by atoms with E-state index in [2.05, 4.69) is 11.6 Å². The van der Waals surface area contributed by atoms with E-state index in [0.29, 0.717) is 48.9 Å². The molecule has 0 spiro atoms. The van der Waals surface area contributed by atoms with Crippen molar-refractivity contribution in [3.8, 4) is 5.75 Å². The summed E-state index contributed by atoms with van der Waals surface area (Å²) < 4.78 is 11.3. The number of benzene rings is 1. The second-order valence-electron chi connectivity index (χ2n) is 9.14. The van der Waals surface area contributed by atoms with Crippen molar-refractivity contribution in [1.82, 2.24) is 9.88 Å². The highest BCUT2D eigenvalue weighted by atomic mass is 16.6. The van der Waals surface area contributed by atoms with Crippen molar-refractivity contribution in [1.29, 1.82) is 0 Å². The number of fused-ring (bicyclic) bond motifs is 1. The highest BCUT2D eigenvalue weighted by Gasteiger charge is 2.26. The molecule has 0 saturated carbocycles. The Morgan fingerprint density at radius 1 is 1.06 bits per heavy atom. The van der Waals surface area contributed by atoms with Gasteiger partial charge in [0.1, 0.15) is 12.2 Å². The number of aromatic nitrogens is 1. The minimum absolute atomic E-state index is 0.0322. The highest BCUT2D eigenvalue weighted by Crippen LogP contribution is 2.35. The average Bonchev–Trinajstić information content (AvgIpc) is 2.77. The largest absolute Gasteiger partial charge is 0.488 e. The molecule has 3 heterocycles. The van der Waals surface area contributed by atoms with Crippen molar-refractivity contribution in [3.63, 3.8) is 0 Å². The van der Waals surface area contributed by atoms with Gasteiger partial charge in [-0.2, -0.15) is 0 Å². The molecule has 0 radical (unpaired) electrons. The van der Waals surface area contributed by atoms with Gasteiger partial charge in [0.05, 0.1) is 17.7 Å². The van der Waals surface area contributed by atoms with Gasteiger partial charge in [-0.05, 0) is 63.9 Å². The molecule has 32 heavy (non-hydrogen) atoms. The first kappa shape index (κ1) is 21.9. The zero-order chi connectivity index (χ0) is 22.9. The summed E-state index contributed by atoms with van der Waals surface area (Å²) in [5.41, 5.74) is 2.56. The molecule has 2 aromatic rings. The third kappa shape index (κ3) is 4.77. The van der Waals surface area contributed by atoms with Gasteiger partial charge in [0.2, 0.25) is 0 Å². The number of carbonyl (C=O) groups excluding carboxylic acids is 2. The van der Waals surface area contributed by atoms with Gasteiger partial charge in [-0.15, -0.1) is 0 Å². The lowest BCUT2D eigenvalue weighted by atomic mass is 10.1. The van der Waals surface area contributed by atoms with Crippen LogP contribution < -0.4 is 9.64 Å². The maximum absolute atomic E-state index is 12.9. The normalized spacial score (nSPS) is 16.3. The predicted octanol–water partition coefficient (Wildman–Crippen LogP) is 4.36. The van der Waals surface area contributed by atoms with Crippen LogP contribution in [0.15, 0.2) is 48.7 Å². The molecular weight excluding hydrogens is 406 g/mol. The average molecular weight is 436 g/mol. The monoisotopic (exact) mass is 435 g/mol. The van der Waals surface area contributed by atoms with Crippen LogP contribution in [-0.4, -0.2) is 53.6 Å². The number of pyridine rings is 1. The van der Waals surface area contributed by atoms with Crippen LogP contribution in [0.3, 0.4) is 0 Å². The molecular formula is C25H29N3O4. The number of hydrogen-bond acceptors (Lipinski definition) is 6. The van der Waals surface area contributed by atoms with E-state index in [4.69, 9.17) is 9.47 Å². The van der Waals surface area contributed by atoms with Crippen LogP contribution in [0.25, 0.3) is 0 Å². The van der Waals surface area contributed by atoms with Crippen LogP contribution in [0.4, 0.5) is 11.5 Å². The molecule has 1 aromatic carbocycles. The van der Waals surface area contributed by atoms with Crippen LogP contribution in [0, 0.1) is 0 Å². The van der Waals surface area contributed by atoms with Gasteiger partial charge < -0.3 is 19.3 Å². The van der Waals surface area contributed by atoms with Crippen molar-refractivity contribution in [2.75, 3.05) is 31.1 Å². The Morgan fingerprint density at radius 3 is 2.41 bits per heavy atom. The van der Waals surface area contributed by atoms with Gasteiger partial charge in [0.15, 0.2) is 11.6 Å². The van der Waals surface area contributed by atoms with Gasteiger partial charge in [-0.1, -0.05) is 12.2 Å². The molecule has 0 aliphatic carbocycles. The summed E-state index contributed by atoms with van der Waals surface area (Å²) in [5, 5.41) is 0. The summed E-state index contributed by atoms with van der Waals surface area (Å²) in [6.45, 7) is 12.0. The molecule has 4 rings (SSSR count). The van der Waals surface area contributed by atoms with Crippen molar-refractivity contribution < 1.29 is 19.1 Å². The number of piperidine rings is 1. The fourth-order valence-electron chi connectivity index (χ4n) is 3.79. The molecule has 168 valence electrons. The molecule has 0 atom stereocenters. The number of esters is 1. The first-order chi connectivity index (χ1) is 15.2. The molecule has 1 aromatic heterocycles. The van der Waals surface area contributed by atoms with Gasteiger partial charge in [0, 0.05) is 25.0 Å². The van der Waals surface area contributed by atoms with Gasteiger partial charge in [-0.25, -0.2) is 9.78 Å². The van der Waals surface area contributed by atoms with E-state index in [0.717, 1.165) is 18.5 Å². The summed E-state index contributed by atoms with van der Waals surface area (Å²) in [4.78, 5) is 33.6. The fourth-order valence-corrected chi connectivity index (χ4v) is 3.79. The SMILES string of the molecule is C=C1CCN(C(=O)c2cnc3c(c2)OCCN3c2ccc(C(=O)OC(C)(C)C)cc2)CC1. The quantitative estimate of drug-likeness (QED) is 0.527. The van der Waals surface area contributed by atoms with Crippen molar-refractivity contribution in [3.05, 3.63) is 59.8 Å². The molecule has 0 bridgehead atoms. The van der Waals surface area contributed by atoms with Gasteiger partial charge >= 0.3 is 5.97 Å². The summed E-state index contributed by atoms with van der Waals surface area (Å²) in [6.07, 6.45) is 3.29. The summed E-state index contributed by atoms with van der Waals surface area (Å²) >= 11 is 0. The topological polar surface area (TPSA) is 72.0 Å². The fraction of sp³-hybridized carbons (Fsp3) is 0.400. The predicted molar refractivity (Wildman–Crippen MR) is 123 cm³/mol. The summed E-state index contributed by atoms with van der Waals surface area (Å²) in [5.74, 6) is 0.855. The van der Waals surface area contributed by atoms with Crippen LogP contribution in [-0.2, 0) is 4.74 Å². The summed E-state index contributed by atoms with van der Waals surface area (Å²) in [7, 11) is 0. The lowest BCUT2D eigenvalue weighted by Crippen LogP contribution is -2.36. The maximum Gasteiger partial charge on any atom is 0.338 e. The first-order valence-electron chi connectivity index (χ1n) is 10.9. The van der Waals surface area contributed by atoms with Crippen LogP contribution in [0.2, 0.25) is 0 Å². The Bertz CT molecular complexity index is 1030. The van der Waals surface area contributed by atoms with Crippen molar-refractivity contribution in [2.24, 2.45) is 0 Å². The van der Waals surface area contributed by atoms with Gasteiger partial charge in [0.25, 0.3) is 5.91 Å². The van der Waals surface area contributed by atoms with E-state index in [9.17, 15) is 9.59 Å². The third-order valence-electron chi connectivity index (χ3n) is 5.48. The molecule has 0 unspecified atom stereocenters. The van der Waals surface area contributed by atoms with Crippen LogP contribution in [0.1, 0.15) is 54.3 Å². The van der Waals surface area contributed by atoms with Crippen molar-refractivity contribution >= 4 is 23.4 Å². The third-order valence-corrected chi connectivity index (χ3v) is 5.48. The lowest BCUT2D eigenvalue weighted by Gasteiger charge is -2.31. The number of amides is 1. The number of rotatable bonds is 3. The first-order valence-corrected chi connectivity index (χ1v) is 10.9. The van der Waals surface area contributed by atoms with E-state index < -0.39 is 5.60 Å². The number of likely N-dealkylation sites (tertiary alicyclic amines) is 1. The smallest absolute Gasteiger partial charge is 0.338 e. The second-order valence-corrected chi connectivity index (χ2v) is 9.14. The number of carbonyl (C=O) groups is 2. The lowest BCUT2D eigenvalue weighted by molar-refractivity contribution is 0.00694.